The number of nitrogens with two attached hydrogens (primary N) is 1. The quantitative estimate of drug-likeness (QED) is 0.153. The zero-order valence-corrected chi connectivity index (χ0v) is 23.4. The van der Waals surface area contributed by atoms with Crippen molar-refractivity contribution in [1.82, 2.24) is 20.4 Å². The molecule has 1 fully saturated rings. The number of nitrogen functional groups attached to an aromatic ring is 1. The number of hydrogen-bond acceptors (Lipinski definition) is 7. The molecule has 4 rings (SSSR count). The lowest BCUT2D eigenvalue weighted by Gasteiger charge is -2.25. The van der Waals surface area contributed by atoms with Crippen LogP contribution in [-0.4, -0.2) is 65.0 Å². The first kappa shape index (κ1) is 31.0. The molecule has 0 unspecified atom stereocenters. The maximum atomic E-state index is 13.2. The first-order chi connectivity index (χ1) is 19.3. The second-order valence-corrected chi connectivity index (χ2v) is 9.68. The highest BCUT2D eigenvalue weighted by atomic mass is 35.5. The van der Waals surface area contributed by atoms with Gasteiger partial charge in [-0.1, -0.05) is 54.6 Å². The number of nitrogens with zero attached hydrogens (tertiary/aromatic N) is 2. The number of H-pyrrole nitrogens is 1. The number of hydrogen-bond donors (Lipinski definition) is 4. The molecule has 1 aromatic heterocycles. The third kappa shape index (κ3) is 7.79. The van der Waals surface area contributed by atoms with Crippen LogP contribution in [0.3, 0.4) is 0 Å². The lowest BCUT2D eigenvalue weighted by molar-refractivity contribution is -0.144. The van der Waals surface area contributed by atoms with Gasteiger partial charge in [-0.15, -0.1) is 12.4 Å². The van der Waals surface area contributed by atoms with E-state index in [-0.39, 0.29) is 48.7 Å². The number of aromatic amines is 1. The van der Waals surface area contributed by atoms with Gasteiger partial charge < -0.3 is 20.7 Å². The van der Waals surface area contributed by atoms with E-state index in [1.807, 2.05) is 30.3 Å². The summed E-state index contributed by atoms with van der Waals surface area (Å²) < 4.78 is 4.76. The number of methoxy groups -OCH3 is 1. The minimum atomic E-state index is -0.646. The third-order valence-corrected chi connectivity index (χ3v) is 7.02. The van der Waals surface area contributed by atoms with Crippen molar-refractivity contribution < 1.29 is 19.1 Å². The minimum absolute atomic E-state index is 0. The molecule has 11 nitrogen and oxygen atoms in total. The Morgan fingerprint density at radius 1 is 1.15 bits per heavy atom. The highest BCUT2D eigenvalue weighted by molar-refractivity contribution is 5.96. The number of esters is 1. The summed E-state index contributed by atoms with van der Waals surface area (Å²) in [6.45, 7) is 0.597. The van der Waals surface area contributed by atoms with Crippen molar-refractivity contribution in [1.29, 1.82) is 5.41 Å². The van der Waals surface area contributed by atoms with Crippen LogP contribution in [0.5, 0.6) is 0 Å². The number of aromatic nitrogens is 2. The second kappa shape index (κ2) is 14.2. The van der Waals surface area contributed by atoms with Gasteiger partial charge in [0.15, 0.2) is 0 Å². The van der Waals surface area contributed by atoms with Gasteiger partial charge in [0.05, 0.1) is 25.1 Å². The highest BCUT2D eigenvalue weighted by Gasteiger charge is 2.40. The van der Waals surface area contributed by atoms with Crippen LogP contribution in [0.15, 0.2) is 65.5 Å². The lowest BCUT2D eigenvalue weighted by atomic mass is 10.0. The van der Waals surface area contributed by atoms with Gasteiger partial charge in [-0.2, -0.15) is 5.10 Å². The molecule has 3 aromatic rings. The number of ether oxygens (including phenoxy) is 1. The summed E-state index contributed by atoms with van der Waals surface area (Å²) in [6, 6.07) is 17.7. The van der Waals surface area contributed by atoms with Gasteiger partial charge >= 0.3 is 5.97 Å². The zero-order chi connectivity index (χ0) is 28.6. The van der Waals surface area contributed by atoms with Crippen molar-refractivity contribution in [3.8, 4) is 11.3 Å². The number of aryl methyl sites for hydroxylation is 1. The zero-order valence-electron chi connectivity index (χ0n) is 22.6. The van der Waals surface area contributed by atoms with E-state index in [4.69, 9.17) is 15.9 Å². The highest BCUT2D eigenvalue weighted by Crippen LogP contribution is 2.28. The number of rotatable bonds is 11. The van der Waals surface area contributed by atoms with Crippen LogP contribution in [0.1, 0.15) is 40.7 Å². The van der Waals surface area contributed by atoms with E-state index in [0.717, 1.165) is 18.4 Å². The summed E-state index contributed by atoms with van der Waals surface area (Å²) in [4.78, 5) is 52.3. The van der Waals surface area contributed by atoms with E-state index in [1.54, 1.807) is 29.2 Å². The van der Waals surface area contributed by atoms with Crippen molar-refractivity contribution in [2.75, 3.05) is 20.2 Å². The fourth-order valence-corrected chi connectivity index (χ4v) is 4.86. The van der Waals surface area contributed by atoms with Gasteiger partial charge in [0.1, 0.15) is 11.4 Å². The van der Waals surface area contributed by atoms with E-state index < -0.39 is 23.4 Å². The summed E-state index contributed by atoms with van der Waals surface area (Å²) in [7, 11) is 1.29. The molecule has 2 atom stereocenters. The average molecular weight is 581 g/mol. The van der Waals surface area contributed by atoms with Crippen molar-refractivity contribution in [2.24, 2.45) is 11.7 Å². The molecule has 0 spiro atoms. The minimum Gasteiger partial charge on any atom is -0.469 e. The van der Waals surface area contributed by atoms with Crippen molar-refractivity contribution in [3.63, 3.8) is 0 Å². The Labute approximate surface area is 243 Å². The standard InChI is InChI=1S/C29H32N6O5.ClH/c1-40-25(36)15-21-14-22(35(29(21)39)13-5-8-18-6-3-2-4-7-18)17-32-27(37)23-16-24(33-34-28(23)38)19-9-11-20(12-10-19)26(30)31;/h2-4,6-7,9-12,16,21-22H,5,8,13-15,17H2,1H3,(H3,30,31)(H,32,37)(H,34,38);1H/t21-,22-;/m0./s1. The molecule has 2 amide bonds. The Morgan fingerprint density at radius 2 is 1.85 bits per heavy atom. The fraction of sp³-hybridized carbons (Fsp3) is 0.310. The molecule has 1 saturated heterocycles. The second-order valence-electron chi connectivity index (χ2n) is 9.68. The molecular weight excluding hydrogens is 548 g/mol. The van der Waals surface area contributed by atoms with E-state index in [2.05, 4.69) is 15.5 Å². The number of carbonyl (C=O) groups is 3. The number of amidine groups is 1. The largest absolute Gasteiger partial charge is 0.469 e. The Bertz CT molecular complexity index is 1440. The molecule has 0 bridgehead atoms. The molecule has 0 aliphatic carbocycles. The first-order valence-corrected chi connectivity index (χ1v) is 13.0. The Morgan fingerprint density at radius 3 is 2.51 bits per heavy atom. The number of benzene rings is 2. The van der Waals surface area contributed by atoms with Gasteiger partial charge in [-0.3, -0.25) is 24.6 Å². The summed E-state index contributed by atoms with van der Waals surface area (Å²) in [6.07, 6.45) is 1.87. The van der Waals surface area contributed by atoms with Crippen LogP contribution in [0.4, 0.5) is 0 Å². The van der Waals surface area contributed by atoms with Crippen molar-refractivity contribution in [2.45, 2.75) is 31.7 Å². The molecule has 5 N–H and O–H groups in total. The Kier molecular flexibility index (Phi) is 10.8. The molecule has 216 valence electrons. The molecule has 41 heavy (non-hydrogen) atoms. The monoisotopic (exact) mass is 580 g/mol. The number of nitrogens with one attached hydrogen (secondary N) is 3. The molecule has 2 aromatic carbocycles. The summed E-state index contributed by atoms with van der Waals surface area (Å²) in [5, 5.41) is 16.7. The normalized spacial score (nSPS) is 16.1. The topological polar surface area (TPSA) is 171 Å². The van der Waals surface area contributed by atoms with Gasteiger partial charge in [-0.05, 0) is 30.9 Å². The third-order valence-electron chi connectivity index (χ3n) is 7.02. The molecular formula is C29H33ClN6O5. The Hall–Kier alpha value is -4.51. The SMILES string of the molecule is COC(=O)C[C@@H]1C[C@@H](CNC(=O)c2cc(-c3ccc(C(=N)N)cc3)n[nH]c2=O)N(CCCc2ccccc2)C1=O.Cl. The van der Waals surface area contributed by atoms with Gasteiger partial charge in [0, 0.05) is 30.3 Å². The maximum Gasteiger partial charge on any atom is 0.306 e. The predicted octanol–water partition coefficient (Wildman–Crippen LogP) is 2.29. The summed E-state index contributed by atoms with van der Waals surface area (Å²) >= 11 is 0. The summed E-state index contributed by atoms with van der Waals surface area (Å²) in [5.74, 6) is -1.80. The molecule has 1 aliphatic rings. The maximum absolute atomic E-state index is 13.2. The lowest BCUT2D eigenvalue weighted by Crippen LogP contribution is -2.43. The van der Waals surface area contributed by atoms with Crippen LogP contribution in [0.2, 0.25) is 0 Å². The van der Waals surface area contributed by atoms with Gasteiger partial charge in [0.25, 0.3) is 11.5 Å². The number of carbonyl (C=O) groups excluding carboxylic acids is 3. The van der Waals surface area contributed by atoms with Crippen LogP contribution in [-0.2, 0) is 20.7 Å². The van der Waals surface area contributed by atoms with Crippen LogP contribution in [0.25, 0.3) is 11.3 Å². The van der Waals surface area contributed by atoms with Gasteiger partial charge in [-0.25, -0.2) is 5.10 Å². The van der Waals surface area contributed by atoms with Crippen LogP contribution in [0, 0.1) is 11.3 Å². The smallest absolute Gasteiger partial charge is 0.306 e. The summed E-state index contributed by atoms with van der Waals surface area (Å²) in [5.41, 5.74) is 7.44. The number of likely N-dealkylation sites (tertiary alicyclic amines) is 1. The van der Waals surface area contributed by atoms with E-state index in [1.165, 1.54) is 13.2 Å². The van der Waals surface area contributed by atoms with Crippen LogP contribution < -0.4 is 16.6 Å². The molecule has 1 aliphatic heterocycles. The van der Waals surface area contributed by atoms with E-state index >= 15 is 0 Å². The van der Waals surface area contributed by atoms with E-state index in [9.17, 15) is 19.2 Å². The molecule has 2 heterocycles. The van der Waals surface area contributed by atoms with Gasteiger partial charge in [0.2, 0.25) is 5.91 Å². The molecule has 0 saturated carbocycles. The number of amides is 2. The van der Waals surface area contributed by atoms with Crippen LogP contribution >= 0.6 is 12.4 Å². The molecule has 0 radical (unpaired) electrons. The van der Waals surface area contributed by atoms with E-state index in [0.29, 0.717) is 29.8 Å². The molecule has 12 heteroatoms. The predicted molar refractivity (Wildman–Crippen MR) is 156 cm³/mol. The average Bonchev–Trinajstić information content (AvgIpc) is 3.26. The number of halogens is 1. The fourth-order valence-electron chi connectivity index (χ4n) is 4.86. The van der Waals surface area contributed by atoms with Crippen molar-refractivity contribution >= 4 is 36.0 Å². The van der Waals surface area contributed by atoms with Crippen molar-refractivity contribution in [3.05, 3.63) is 87.7 Å². The Balaban J connectivity index is 0.00000462. The first-order valence-electron chi connectivity index (χ1n) is 13.0.